The first-order valence-electron chi connectivity index (χ1n) is 5.48. The van der Waals surface area contributed by atoms with Crippen molar-refractivity contribution in [3.05, 3.63) is 12.4 Å². The second kappa shape index (κ2) is 6.03. The summed E-state index contributed by atoms with van der Waals surface area (Å²) in [5, 5.41) is 11.9. The molecule has 6 nitrogen and oxygen atoms in total. The normalized spacial score (nSPS) is 13.8. The Morgan fingerprint density at radius 2 is 2.24 bits per heavy atom. The highest BCUT2D eigenvalue weighted by Crippen LogP contribution is 2.13. The lowest BCUT2D eigenvalue weighted by Crippen LogP contribution is -2.30. The Kier molecular flexibility index (Phi) is 4.68. The molecule has 2 unspecified atom stereocenters. The van der Waals surface area contributed by atoms with E-state index >= 15 is 0 Å². The van der Waals surface area contributed by atoms with Gasteiger partial charge in [0.05, 0.1) is 24.9 Å². The van der Waals surface area contributed by atoms with E-state index in [0.29, 0.717) is 18.3 Å². The summed E-state index contributed by atoms with van der Waals surface area (Å²) >= 11 is 0. The van der Waals surface area contributed by atoms with Crippen LogP contribution in [0, 0.1) is 5.92 Å². The topological polar surface area (TPSA) is 84.3 Å². The third kappa shape index (κ3) is 3.90. The number of aromatic nitrogens is 2. The fourth-order valence-electron chi connectivity index (χ4n) is 1.21. The van der Waals surface area contributed by atoms with Crippen LogP contribution in [0.1, 0.15) is 20.8 Å². The van der Waals surface area contributed by atoms with E-state index in [1.807, 2.05) is 6.92 Å². The Morgan fingerprint density at radius 1 is 1.53 bits per heavy atom. The van der Waals surface area contributed by atoms with Crippen molar-refractivity contribution in [1.82, 2.24) is 9.97 Å². The number of hydrogen-bond donors (Lipinski definition) is 2. The van der Waals surface area contributed by atoms with Gasteiger partial charge < -0.3 is 15.2 Å². The Balaban J connectivity index is 2.67. The molecular weight excluding hydrogens is 222 g/mol. The van der Waals surface area contributed by atoms with Crippen molar-refractivity contribution in [3.63, 3.8) is 0 Å². The molecule has 0 bridgehead atoms. The van der Waals surface area contributed by atoms with Gasteiger partial charge in [0.15, 0.2) is 0 Å². The fourth-order valence-corrected chi connectivity index (χ4v) is 1.21. The zero-order chi connectivity index (χ0) is 12.8. The van der Waals surface area contributed by atoms with Gasteiger partial charge >= 0.3 is 5.97 Å². The first-order chi connectivity index (χ1) is 8.04. The van der Waals surface area contributed by atoms with Gasteiger partial charge in [-0.25, -0.2) is 0 Å². The summed E-state index contributed by atoms with van der Waals surface area (Å²) in [6.45, 7) is 5.80. The van der Waals surface area contributed by atoms with Crippen molar-refractivity contribution in [2.24, 2.45) is 5.92 Å². The number of ether oxygens (including phenoxy) is 1. The minimum absolute atomic E-state index is 0.237. The van der Waals surface area contributed by atoms with Crippen molar-refractivity contribution in [1.29, 1.82) is 0 Å². The molecular formula is C11H17N3O3. The number of rotatable bonds is 6. The fraction of sp³-hybridized carbons (Fsp3) is 0.545. The van der Waals surface area contributed by atoms with E-state index in [9.17, 15) is 4.79 Å². The standard InChI is InChI=1S/C11H17N3O3/c1-4-17-10-6-12-5-9(14-10)13-8(3)7(2)11(15)16/h5-8H,4H2,1-3H3,(H,13,14)(H,15,16). The minimum atomic E-state index is -0.848. The van der Waals surface area contributed by atoms with Crippen molar-refractivity contribution in [2.75, 3.05) is 11.9 Å². The lowest BCUT2D eigenvalue weighted by Gasteiger charge is -2.18. The second-order valence-corrected chi connectivity index (χ2v) is 3.74. The quantitative estimate of drug-likeness (QED) is 0.780. The Hall–Kier alpha value is -1.85. The zero-order valence-electron chi connectivity index (χ0n) is 10.2. The number of aliphatic carboxylic acids is 1. The highest BCUT2D eigenvalue weighted by Gasteiger charge is 2.19. The van der Waals surface area contributed by atoms with Gasteiger partial charge in [0, 0.05) is 6.04 Å². The van der Waals surface area contributed by atoms with Crippen molar-refractivity contribution in [2.45, 2.75) is 26.8 Å². The van der Waals surface area contributed by atoms with Gasteiger partial charge in [0.2, 0.25) is 5.88 Å². The van der Waals surface area contributed by atoms with E-state index in [4.69, 9.17) is 9.84 Å². The molecule has 0 aliphatic rings. The van der Waals surface area contributed by atoms with Crippen LogP contribution in [0.4, 0.5) is 5.82 Å². The van der Waals surface area contributed by atoms with E-state index < -0.39 is 11.9 Å². The van der Waals surface area contributed by atoms with Gasteiger partial charge in [-0.15, -0.1) is 0 Å². The molecule has 0 amide bonds. The molecule has 0 fully saturated rings. The summed E-state index contributed by atoms with van der Waals surface area (Å²) in [6.07, 6.45) is 3.05. The van der Waals surface area contributed by atoms with E-state index in [0.717, 1.165) is 0 Å². The van der Waals surface area contributed by atoms with E-state index in [2.05, 4.69) is 15.3 Å². The third-order valence-corrected chi connectivity index (χ3v) is 2.42. The third-order valence-electron chi connectivity index (χ3n) is 2.42. The van der Waals surface area contributed by atoms with Crippen LogP contribution >= 0.6 is 0 Å². The van der Waals surface area contributed by atoms with E-state index in [-0.39, 0.29) is 6.04 Å². The number of carbonyl (C=O) groups is 1. The summed E-state index contributed by atoms with van der Waals surface area (Å²) < 4.78 is 5.21. The first-order valence-corrected chi connectivity index (χ1v) is 5.48. The molecule has 0 saturated heterocycles. The smallest absolute Gasteiger partial charge is 0.308 e. The first kappa shape index (κ1) is 13.2. The number of anilines is 1. The average Bonchev–Trinajstić information content (AvgIpc) is 2.28. The molecule has 94 valence electrons. The second-order valence-electron chi connectivity index (χ2n) is 3.74. The summed E-state index contributed by atoms with van der Waals surface area (Å²) in [4.78, 5) is 18.9. The number of carboxylic acids is 1. The highest BCUT2D eigenvalue weighted by atomic mass is 16.5. The van der Waals surface area contributed by atoms with E-state index in [1.54, 1.807) is 13.8 Å². The lowest BCUT2D eigenvalue weighted by molar-refractivity contribution is -0.141. The number of hydrogen-bond acceptors (Lipinski definition) is 5. The molecule has 1 aromatic heterocycles. The molecule has 17 heavy (non-hydrogen) atoms. The van der Waals surface area contributed by atoms with Gasteiger partial charge in [-0.1, -0.05) is 0 Å². The molecule has 0 radical (unpaired) electrons. The molecule has 1 heterocycles. The average molecular weight is 239 g/mol. The lowest BCUT2D eigenvalue weighted by atomic mass is 10.0. The molecule has 0 aromatic carbocycles. The van der Waals surface area contributed by atoms with Crippen molar-refractivity contribution in [3.8, 4) is 5.88 Å². The number of nitrogens with one attached hydrogen (secondary N) is 1. The summed E-state index contributed by atoms with van der Waals surface area (Å²) in [6, 6.07) is -0.237. The molecule has 0 aliphatic heterocycles. The molecule has 1 rings (SSSR count). The minimum Gasteiger partial charge on any atom is -0.481 e. The van der Waals surface area contributed by atoms with Gasteiger partial charge in [-0.05, 0) is 20.8 Å². The van der Waals surface area contributed by atoms with Gasteiger partial charge in [0.1, 0.15) is 5.82 Å². The highest BCUT2D eigenvalue weighted by molar-refractivity contribution is 5.70. The number of nitrogens with zero attached hydrogens (tertiary/aromatic N) is 2. The predicted molar refractivity (Wildman–Crippen MR) is 63.1 cm³/mol. The maximum absolute atomic E-state index is 10.8. The zero-order valence-corrected chi connectivity index (χ0v) is 10.2. The molecule has 6 heteroatoms. The van der Waals surface area contributed by atoms with Crippen LogP contribution in [0.25, 0.3) is 0 Å². The summed E-state index contributed by atoms with van der Waals surface area (Å²) in [5.74, 6) is -0.421. The van der Waals surface area contributed by atoms with Gasteiger partial charge in [0.25, 0.3) is 0 Å². The van der Waals surface area contributed by atoms with Gasteiger partial charge in [-0.2, -0.15) is 4.98 Å². The molecule has 0 spiro atoms. The maximum Gasteiger partial charge on any atom is 0.308 e. The monoisotopic (exact) mass is 239 g/mol. The van der Waals surface area contributed by atoms with E-state index in [1.165, 1.54) is 12.4 Å². The van der Waals surface area contributed by atoms with Crippen molar-refractivity contribution < 1.29 is 14.6 Å². The Morgan fingerprint density at radius 3 is 2.82 bits per heavy atom. The van der Waals surface area contributed by atoms with Crippen LogP contribution in [0.5, 0.6) is 5.88 Å². The van der Waals surface area contributed by atoms with Crippen LogP contribution in [-0.2, 0) is 4.79 Å². The summed E-state index contributed by atoms with van der Waals surface area (Å²) in [7, 11) is 0. The largest absolute Gasteiger partial charge is 0.481 e. The van der Waals surface area contributed by atoms with Crippen LogP contribution < -0.4 is 10.1 Å². The number of carboxylic acid groups (broad SMARTS) is 1. The van der Waals surface area contributed by atoms with Crippen molar-refractivity contribution >= 4 is 11.8 Å². The summed E-state index contributed by atoms with van der Waals surface area (Å²) in [5.41, 5.74) is 0. The molecule has 0 aliphatic carbocycles. The van der Waals surface area contributed by atoms with Crippen LogP contribution in [0.2, 0.25) is 0 Å². The Bertz CT molecular complexity index is 384. The van der Waals surface area contributed by atoms with Crippen LogP contribution in [0.3, 0.4) is 0 Å². The van der Waals surface area contributed by atoms with Crippen LogP contribution in [-0.4, -0.2) is 33.7 Å². The Labute approximate surface area is 100 Å². The van der Waals surface area contributed by atoms with Crippen LogP contribution in [0.15, 0.2) is 12.4 Å². The molecule has 1 aromatic rings. The molecule has 2 N–H and O–H groups in total. The van der Waals surface area contributed by atoms with Gasteiger partial charge in [-0.3, -0.25) is 9.78 Å². The molecule has 0 saturated carbocycles. The predicted octanol–water partition coefficient (Wildman–Crippen LogP) is 1.40. The maximum atomic E-state index is 10.8. The molecule has 2 atom stereocenters. The SMILES string of the molecule is CCOc1cncc(NC(C)C(C)C(=O)O)n1.